The van der Waals surface area contributed by atoms with Crippen LogP contribution in [-0.4, -0.2) is 35.6 Å². The van der Waals surface area contributed by atoms with E-state index in [9.17, 15) is 5.11 Å². The minimum absolute atomic E-state index is 0.252. The van der Waals surface area contributed by atoms with E-state index in [1.807, 2.05) is 60.7 Å². The van der Waals surface area contributed by atoms with Crippen molar-refractivity contribution in [3.63, 3.8) is 0 Å². The van der Waals surface area contributed by atoms with Crippen LogP contribution in [-0.2, 0) is 18.9 Å². The van der Waals surface area contributed by atoms with Gasteiger partial charge < -0.3 is 24.1 Å². The standard InChI is InChI=1S/C32H28O5/c33-28-29-26(34-31(36-29)24-15-11-22(12-16-24)20-7-3-1-4-8-20)19-27-30(28)37-32(35-27)25-17-13-23(14-18-25)21-9-5-2-6-10-21/h1-18,26-33H,19H2/t26-,27+,28?,29-,30-,31?,32?/m1/s1. The number of benzene rings is 4. The molecule has 4 aromatic carbocycles. The summed E-state index contributed by atoms with van der Waals surface area (Å²) in [6, 6.07) is 36.9. The lowest BCUT2D eigenvalue weighted by Crippen LogP contribution is -2.53. The van der Waals surface area contributed by atoms with Crippen LogP contribution in [0.15, 0.2) is 109 Å². The van der Waals surface area contributed by atoms with E-state index < -0.39 is 30.9 Å². The van der Waals surface area contributed by atoms with Crippen molar-refractivity contribution in [3.8, 4) is 22.3 Å². The van der Waals surface area contributed by atoms with Gasteiger partial charge >= 0.3 is 0 Å². The van der Waals surface area contributed by atoms with Crippen molar-refractivity contribution >= 4 is 0 Å². The number of hydrogen-bond donors (Lipinski definition) is 1. The molecule has 0 amide bonds. The molecule has 1 N–H and O–H groups in total. The van der Waals surface area contributed by atoms with Crippen molar-refractivity contribution < 1.29 is 24.1 Å². The van der Waals surface area contributed by atoms with E-state index in [1.54, 1.807) is 0 Å². The number of hydrogen-bond acceptors (Lipinski definition) is 5. The average molecular weight is 493 g/mol. The molecule has 2 aliphatic heterocycles. The highest BCUT2D eigenvalue weighted by atomic mass is 16.8. The molecule has 1 aliphatic carbocycles. The molecular formula is C32H28O5. The monoisotopic (exact) mass is 492 g/mol. The van der Waals surface area contributed by atoms with Gasteiger partial charge in [0, 0.05) is 17.5 Å². The highest BCUT2D eigenvalue weighted by molar-refractivity contribution is 5.64. The first-order chi connectivity index (χ1) is 18.2. The number of rotatable bonds is 4. The largest absolute Gasteiger partial charge is 0.387 e. The van der Waals surface area contributed by atoms with Crippen molar-refractivity contribution in [2.75, 3.05) is 0 Å². The highest BCUT2D eigenvalue weighted by Crippen LogP contribution is 2.45. The van der Waals surface area contributed by atoms with Crippen LogP contribution in [0.2, 0.25) is 0 Å². The second kappa shape index (κ2) is 9.53. The molecule has 7 atom stereocenters. The third kappa shape index (κ3) is 4.29. The summed E-state index contributed by atoms with van der Waals surface area (Å²) in [5.41, 5.74) is 6.47. The first kappa shape index (κ1) is 22.8. The minimum atomic E-state index is -0.828. The summed E-state index contributed by atoms with van der Waals surface area (Å²) < 4.78 is 25.0. The smallest absolute Gasteiger partial charge is 0.184 e. The first-order valence-corrected chi connectivity index (χ1v) is 12.8. The Labute approximate surface area is 216 Å². The van der Waals surface area contributed by atoms with Crippen molar-refractivity contribution in [1.82, 2.24) is 0 Å². The van der Waals surface area contributed by atoms with Crippen LogP contribution in [0.4, 0.5) is 0 Å². The zero-order valence-corrected chi connectivity index (χ0v) is 20.2. The maximum Gasteiger partial charge on any atom is 0.184 e. The number of ether oxygens (including phenoxy) is 4. The molecule has 186 valence electrons. The topological polar surface area (TPSA) is 57.2 Å². The Morgan fingerprint density at radius 2 is 0.838 bits per heavy atom. The second-order valence-electron chi connectivity index (χ2n) is 9.92. The summed E-state index contributed by atoms with van der Waals surface area (Å²) >= 11 is 0. The lowest BCUT2D eigenvalue weighted by Gasteiger charge is -2.34. The van der Waals surface area contributed by atoms with E-state index in [2.05, 4.69) is 48.5 Å². The van der Waals surface area contributed by atoms with E-state index >= 15 is 0 Å². The summed E-state index contributed by atoms with van der Waals surface area (Å²) in [6.07, 6.45) is -2.67. The Morgan fingerprint density at radius 1 is 0.459 bits per heavy atom. The van der Waals surface area contributed by atoms with E-state index in [1.165, 1.54) is 0 Å². The number of aliphatic hydroxyl groups excluding tert-OH is 1. The Balaban J connectivity index is 1.02. The van der Waals surface area contributed by atoms with Crippen molar-refractivity contribution in [2.24, 2.45) is 0 Å². The van der Waals surface area contributed by atoms with Crippen molar-refractivity contribution in [3.05, 3.63) is 120 Å². The molecule has 0 aromatic heterocycles. The number of aliphatic hydroxyl groups is 1. The molecule has 37 heavy (non-hydrogen) atoms. The fourth-order valence-electron chi connectivity index (χ4n) is 5.63. The van der Waals surface area contributed by atoms with Gasteiger partial charge in [-0.2, -0.15) is 0 Å². The summed E-state index contributed by atoms with van der Waals surface area (Å²) in [6.45, 7) is 0. The summed E-state index contributed by atoms with van der Waals surface area (Å²) in [7, 11) is 0. The molecule has 5 heteroatoms. The zero-order valence-electron chi connectivity index (χ0n) is 20.2. The van der Waals surface area contributed by atoms with Crippen LogP contribution < -0.4 is 0 Å². The van der Waals surface area contributed by atoms with Gasteiger partial charge in [0.2, 0.25) is 0 Å². The van der Waals surface area contributed by atoms with Gasteiger partial charge in [-0.05, 0) is 22.3 Å². The molecule has 3 aliphatic rings. The molecule has 2 saturated heterocycles. The normalized spacial score (nSPS) is 30.6. The van der Waals surface area contributed by atoms with Crippen LogP contribution in [0.5, 0.6) is 0 Å². The minimum Gasteiger partial charge on any atom is -0.387 e. The molecule has 0 radical (unpaired) electrons. The van der Waals surface area contributed by atoms with E-state index in [0.29, 0.717) is 6.42 Å². The third-order valence-electron chi connectivity index (χ3n) is 7.61. The van der Waals surface area contributed by atoms with Crippen LogP contribution in [0.3, 0.4) is 0 Å². The molecule has 2 heterocycles. The lowest BCUT2D eigenvalue weighted by molar-refractivity contribution is -0.127. The van der Waals surface area contributed by atoms with Crippen LogP contribution >= 0.6 is 0 Å². The summed E-state index contributed by atoms with van der Waals surface area (Å²) in [5, 5.41) is 11.2. The van der Waals surface area contributed by atoms with Crippen molar-refractivity contribution in [1.29, 1.82) is 0 Å². The van der Waals surface area contributed by atoms with Crippen LogP contribution in [0.25, 0.3) is 22.3 Å². The van der Waals surface area contributed by atoms with Gasteiger partial charge in [0.1, 0.15) is 18.3 Å². The average Bonchev–Trinajstić information content (AvgIpc) is 3.60. The van der Waals surface area contributed by atoms with E-state index in [-0.39, 0.29) is 12.2 Å². The molecule has 3 fully saturated rings. The maximum atomic E-state index is 11.2. The Bertz CT molecular complexity index is 1230. The fourth-order valence-corrected chi connectivity index (χ4v) is 5.63. The van der Waals surface area contributed by atoms with Gasteiger partial charge in [-0.15, -0.1) is 0 Å². The van der Waals surface area contributed by atoms with Gasteiger partial charge in [0.05, 0.1) is 12.2 Å². The van der Waals surface area contributed by atoms with E-state index in [4.69, 9.17) is 18.9 Å². The highest BCUT2D eigenvalue weighted by Gasteiger charge is 2.55. The predicted octanol–water partition coefficient (Wildman–Crippen LogP) is 6.05. The van der Waals surface area contributed by atoms with Crippen LogP contribution in [0, 0.1) is 0 Å². The third-order valence-corrected chi connectivity index (χ3v) is 7.61. The zero-order chi connectivity index (χ0) is 24.8. The molecule has 4 aromatic rings. The van der Waals surface area contributed by atoms with Crippen LogP contribution in [0.1, 0.15) is 30.1 Å². The molecule has 0 bridgehead atoms. The fraction of sp³-hybridized carbons (Fsp3) is 0.250. The molecule has 5 nitrogen and oxygen atoms in total. The lowest BCUT2D eigenvalue weighted by atomic mass is 9.87. The van der Waals surface area contributed by atoms with Gasteiger partial charge in [-0.3, -0.25) is 0 Å². The molecule has 7 rings (SSSR count). The van der Waals surface area contributed by atoms with Gasteiger partial charge in [0.25, 0.3) is 0 Å². The Kier molecular flexibility index (Phi) is 5.88. The van der Waals surface area contributed by atoms with Gasteiger partial charge in [0.15, 0.2) is 12.6 Å². The first-order valence-electron chi connectivity index (χ1n) is 12.8. The Morgan fingerprint density at radius 3 is 1.24 bits per heavy atom. The van der Waals surface area contributed by atoms with Crippen molar-refractivity contribution in [2.45, 2.75) is 49.5 Å². The molecule has 0 spiro atoms. The van der Waals surface area contributed by atoms with Gasteiger partial charge in [-0.1, -0.05) is 109 Å². The summed E-state index contributed by atoms with van der Waals surface area (Å²) in [4.78, 5) is 0. The summed E-state index contributed by atoms with van der Waals surface area (Å²) in [5.74, 6) is 0. The predicted molar refractivity (Wildman–Crippen MR) is 139 cm³/mol. The maximum absolute atomic E-state index is 11.2. The number of fused-ring (bicyclic) bond motifs is 2. The van der Waals surface area contributed by atoms with E-state index in [0.717, 1.165) is 33.4 Å². The second-order valence-corrected chi connectivity index (χ2v) is 9.92. The quantitative estimate of drug-likeness (QED) is 0.376. The molecular weight excluding hydrogens is 464 g/mol. The molecule has 1 saturated carbocycles. The molecule has 3 unspecified atom stereocenters. The SMILES string of the molecule is OC1[C@@H]2OC(c3ccc(-c4ccccc4)cc3)O[C@H]2C[C@H]2OC(c3ccc(-c4ccccc4)cc3)O[C@@H]12. The Hall–Kier alpha value is -3.32. The van der Waals surface area contributed by atoms with Gasteiger partial charge in [-0.25, -0.2) is 0 Å².